The van der Waals surface area contributed by atoms with Crippen LogP contribution in [0.1, 0.15) is 12.8 Å². The molecule has 4 rings (SSSR count). The Morgan fingerprint density at radius 3 is 2.85 bits per heavy atom. The maximum absolute atomic E-state index is 11.4. The van der Waals surface area contributed by atoms with E-state index in [9.17, 15) is 9.90 Å². The van der Waals surface area contributed by atoms with Crippen LogP contribution < -0.4 is 4.90 Å². The van der Waals surface area contributed by atoms with Crippen molar-refractivity contribution in [3.05, 3.63) is 48.7 Å². The fourth-order valence-electron chi connectivity index (χ4n) is 3.22. The van der Waals surface area contributed by atoms with E-state index in [2.05, 4.69) is 15.1 Å². The van der Waals surface area contributed by atoms with Crippen molar-refractivity contribution in [3.8, 4) is 22.8 Å². The van der Waals surface area contributed by atoms with Gasteiger partial charge in [0.2, 0.25) is 5.82 Å². The molecule has 1 aromatic carbocycles. The summed E-state index contributed by atoms with van der Waals surface area (Å²) in [5.74, 6) is 0.418. The van der Waals surface area contributed by atoms with Gasteiger partial charge in [-0.15, -0.1) is 0 Å². The van der Waals surface area contributed by atoms with E-state index < -0.39 is 5.97 Å². The van der Waals surface area contributed by atoms with Gasteiger partial charge in [0.05, 0.1) is 11.5 Å². The largest absolute Gasteiger partial charge is 0.481 e. The summed E-state index contributed by atoms with van der Waals surface area (Å²) in [7, 11) is 0. The van der Waals surface area contributed by atoms with E-state index in [0.717, 1.165) is 18.5 Å². The number of carboxylic acids is 1. The molecule has 0 amide bonds. The van der Waals surface area contributed by atoms with Gasteiger partial charge in [0.1, 0.15) is 5.82 Å². The lowest BCUT2D eigenvalue weighted by Crippen LogP contribution is -2.39. The first-order valence-electron chi connectivity index (χ1n) is 8.54. The van der Waals surface area contributed by atoms with Crippen LogP contribution in [0, 0.1) is 5.92 Å². The van der Waals surface area contributed by atoms with Crippen LogP contribution in [0.15, 0.2) is 53.2 Å². The van der Waals surface area contributed by atoms with Crippen LogP contribution in [0.2, 0.25) is 0 Å². The fourth-order valence-corrected chi connectivity index (χ4v) is 3.22. The second-order valence-electron chi connectivity index (χ2n) is 6.29. The van der Waals surface area contributed by atoms with E-state index in [0.29, 0.717) is 36.1 Å². The van der Waals surface area contributed by atoms with Gasteiger partial charge in [0, 0.05) is 24.8 Å². The van der Waals surface area contributed by atoms with Crippen LogP contribution in [0.3, 0.4) is 0 Å². The van der Waals surface area contributed by atoms with Crippen LogP contribution in [0.25, 0.3) is 22.8 Å². The number of benzene rings is 1. The molecule has 1 unspecified atom stereocenters. The molecule has 26 heavy (non-hydrogen) atoms. The molecule has 7 heteroatoms. The molecule has 0 saturated carbocycles. The average Bonchev–Trinajstić information content (AvgIpc) is 3.19. The van der Waals surface area contributed by atoms with Crippen molar-refractivity contribution >= 4 is 11.8 Å². The summed E-state index contributed by atoms with van der Waals surface area (Å²) >= 11 is 0. The molecule has 2 aromatic heterocycles. The van der Waals surface area contributed by atoms with Gasteiger partial charge in [-0.1, -0.05) is 35.5 Å². The lowest BCUT2D eigenvalue weighted by molar-refractivity contribution is -0.141. The first kappa shape index (κ1) is 16.3. The third kappa shape index (κ3) is 3.15. The third-order valence-corrected chi connectivity index (χ3v) is 4.55. The normalized spacial score (nSPS) is 17.2. The molecule has 0 spiro atoms. The first-order chi connectivity index (χ1) is 12.7. The Labute approximate surface area is 150 Å². The standard InChI is InChI=1S/C19H18N4O3/c24-19(25)14-8-5-11-23(12-14)17-15(9-4-10-20-17)18-21-16(22-26-18)13-6-2-1-3-7-13/h1-4,6-7,9-10,14H,5,8,11-12H2,(H,24,25). The highest BCUT2D eigenvalue weighted by atomic mass is 16.5. The molecule has 0 bridgehead atoms. The van der Waals surface area contributed by atoms with E-state index in [1.807, 2.05) is 47.4 Å². The third-order valence-electron chi connectivity index (χ3n) is 4.55. The van der Waals surface area contributed by atoms with Crippen LogP contribution >= 0.6 is 0 Å². The van der Waals surface area contributed by atoms with Gasteiger partial charge in [0.15, 0.2) is 0 Å². The molecular weight excluding hydrogens is 332 g/mol. The van der Waals surface area contributed by atoms with Gasteiger partial charge in [-0.3, -0.25) is 4.79 Å². The summed E-state index contributed by atoms with van der Waals surface area (Å²) < 4.78 is 5.47. The highest BCUT2D eigenvalue weighted by molar-refractivity contribution is 5.74. The molecule has 7 nitrogen and oxygen atoms in total. The van der Waals surface area contributed by atoms with Gasteiger partial charge < -0.3 is 14.5 Å². The van der Waals surface area contributed by atoms with Crippen molar-refractivity contribution in [1.82, 2.24) is 15.1 Å². The molecule has 1 aliphatic rings. The summed E-state index contributed by atoms with van der Waals surface area (Å²) in [6.45, 7) is 1.19. The minimum absolute atomic E-state index is 0.379. The number of aliphatic carboxylic acids is 1. The van der Waals surface area contributed by atoms with Crippen LogP contribution in [0.4, 0.5) is 5.82 Å². The number of anilines is 1. The molecule has 1 aliphatic heterocycles. The summed E-state index contributed by atoms with van der Waals surface area (Å²) in [6.07, 6.45) is 3.19. The van der Waals surface area contributed by atoms with Crippen molar-refractivity contribution in [2.75, 3.05) is 18.0 Å². The van der Waals surface area contributed by atoms with E-state index in [1.54, 1.807) is 6.20 Å². The quantitative estimate of drug-likeness (QED) is 0.773. The van der Waals surface area contributed by atoms with E-state index in [-0.39, 0.29) is 5.92 Å². The summed E-state index contributed by atoms with van der Waals surface area (Å²) in [6, 6.07) is 13.3. The summed E-state index contributed by atoms with van der Waals surface area (Å²) in [4.78, 5) is 22.3. The molecule has 1 saturated heterocycles. The lowest BCUT2D eigenvalue weighted by Gasteiger charge is -2.32. The maximum atomic E-state index is 11.4. The first-order valence-corrected chi connectivity index (χ1v) is 8.54. The van der Waals surface area contributed by atoms with Gasteiger partial charge in [-0.05, 0) is 25.0 Å². The average molecular weight is 350 g/mol. The highest BCUT2D eigenvalue weighted by Gasteiger charge is 2.28. The van der Waals surface area contributed by atoms with Crippen LogP contribution in [0.5, 0.6) is 0 Å². The number of hydrogen-bond acceptors (Lipinski definition) is 6. The van der Waals surface area contributed by atoms with Crippen molar-refractivity contribution < 1.29 is 14.4 Å². The summed E-state index contributed by atoms with van der Waals surface area (Å²) in [5.41, 5.74) is 1.59. The fraction of sp³-hybridized carbons (Fsp3) is 0.263. The number of rotatable bonds is 4. The molecular formula is C19H18N4O3. The van der Waals surface area contributed by atoms with Gasteiger partial charge in [-0.25, -0.2) is 4.98 Å². The van der Waals surface area contributed by atoms with E-state index in [4.69, 9.17) is 4.52 Å². The zero-order chi connectivity index (χ0) is 17.9. The van der Waals surface area contributed by atoms with Gasteiger partial charge in [-0.2, -0.15) is 4.98 Å². The Morgan fingerprint density at radius 1 is 1.19 bits per heavy atom. The minimum Gasteiger partial charge on any atom is -0.481 e. The molecule has 1 atom stereocenters. The second-order valence-corrected chi connectivity index (χ2v) is 6.29. The van der Waals surface area contributed by atoms with Crippen LogP contribution in [-0.2, 0) is 4.79 Å². The smallest absolute Gasteiger partial charge is 0.308 e. The lowest BCUT2D eigenvalue weighted by atomic mass is 9.98. The molecule has 3 heterocycles. The van der Waals surface area contributed by atoms with E-state index >= 15 is 0 Å². The Balaban J connectivity index is 1.66. The van der Waals surface area contributed by atoms with Gasteiger partial charge >= 0.3 is 5.97 Å². The van der Waals surface area contributed by atoms with Gasteiger partial charge in [0.25, 0.3) is 5.89 Å². The molecule has 1 fully saturated rings. The molecule has 132 valence electrons. The van der Waals surface area contributed by atoms with Crippen LogP contribution in [-0.4, -0.2) is 39.3 Å². The van der Waals surface area contributed by atoms with Crippen molar-refractivity contribution in [2.45, 2.75) is 12.8 Å². The van der Waals surface area contributed by atoms with Crippen molar-refractivity contribution in [2.24, 2.45) is 5.92 Å². The highest BCUT2D eigenvalue weighted by Crippen LogP contribution is 2.31. The zero-order valence-corrected chi connectivity index (χ0v) is 14.1. The topological polar surface area (TPSA) is 92.3 Å². The Hall–Kier alpha value is -3.22. The van der Waals surface area contributed by atoms with E-state index in [1.165, 1.54) is 0 Å². The van der Waals surface area contributed by atoms with Crippen molar-refractivity contribution in [3.63, 3.8) is 0 Å². The predicted molar refractivity (Wildman–Crippen MR) is 95.5 cm³/mol. The maximum Gasteiger partial charge on any atom is 0.308 e. The Morgan fingerprint density at radius 2 is 2.04 bits per heavy atom. The number of hydrogen-bond donors (Lipinski definition) is 1. The molecule has 1 N–H and O–H groups in total. The van der Waals surface area contributed by atoms with Crippen molar-refractivity contribution in [1.29, 1.82) is 0 Å². The zero-order valence-electron chi connectivity index (χ0n) is 14.1. The molecule has 3 aromatic rings. The number of nitrogens with zero attached hydrogens (tertiary/aromatic N) is 4. The Kier molecular flexibility index (Phi) is 4.35. The second kappa shape index (κ2) is 6.95. The molecule has 0 radical (unpaired) electrons. The number of carbonyl (C=O) groups is 1. The minimum atomic E-state index is -0.767. The Bertz CT molecular complexity index is 910. The number of aromatic nitrogens is 3. The monoisotopic (exact) mass is 350 g/mol. The molecule has 0 aliphatic carbocycles. The number of piperidine rings is 1. The number of carboxylic acid groups (broad SMARTS) is 1. The predicted octanol–water partition coefficient (Wildman–Crippen LogP) is 3.10. The summed E-state index contributed by atoms with van der Waals surface area (Å²) in [5, 5.41) is 13.4. The SMILES string of the molecule is O=C(O)C1CCCN(c2ncccc2-c2nc(-c3ccccc3)no2)C1. The number of pyridine rings is 1.